The number of hydrogen-bond donors (Lipinski definition) is 2. The first-order chi connectivity index (χ1) is 8.88. The molecule has 1 aromatic carbocycles. The number of rotatable bonds is 6. The molecule has 1 unspecified atom stereocenters. The van der Waals surface area contributed by atoms with E-state index in [4.69, 9.17) is 14.9 Å². The van der Waals surface area contributed by atoms with E-state index in [0.717, 1.165) is 12.1 Å². The Labute approximate surface area is 107 Å². The summed E-state index contributed by atoms with van der Waals surface area (Å²) in [6.45, 7) is -0.368. The van der Waals surface area contributed by atoms with Crippen molar-refractivity contribution in [1.82, 2.24) is 0 Å². The SMILES string of the molecule is O=C(O)C(OCCCO)c1ccccc1C(F)(F)F. The molecule has 0 radical (unpaired) electrons. The molecule has 0 aliphatic heterocycles. The van der Waals surface area contributed by atoms with Crippen molar-refractivity contribution in [2.75, 3.05) is 13.2 Å². The highest BCUT2D eigenvalue weighted by Gasteiger charge is 2.37. The molecule has 19 heavy (non-hydrogen) atoms. The fourth-order valence-electron chi connectivity index (χ4n) is 1.54. The van der Waals surface area contributed by atoms with Gasteiger partial charge in [-0.2, -0.15) is 13.2 Å². The Hall–Kier alpha value is -1.60. The van der Waals surface area contributed by atoms with Crippen LogP contribution in [0.1, 0.15) is 23.7 Å². The van der Waals surface area contributed by atoms with E-state index >= 15 is 0 Å². The zero-order chi connectivity index (χ0) is 14.5. The first-order valence-electron chi connectivity index (χ1n) is 5.49. The first kappa shape index (κ1) is 15.5. The van der Waals surface area contributed by atoms with Gasteiger partial charge in [-0.3, -0.25) is 0 Å². The topological polar surface area (TPSA) is 66.8 Å². The Morgan fingerprint density at radius 3 is 2.47 bits per heavy atom. The van der Waals surface area contributed by atoms with Crippen molar-refractivity contribution in [2.45, 2.75) is 18.7 Å². The van der Waals surface area contributed by atoms with E-state index in [2.05, 4.69) is 0 Å². The van der Waals surface area contributed by atoms with Gasteiger partial charge in [-0.25, -0.2) is 4.79 Å². The maximum absolute atomic E-state index is 12.8. The summed E-state index contributed by atoms with van der Waals surface area (Å²) < 4.78 is 43.2. The normalized spacial score (nSPS) is 13.3. The van der Waals surface area contributed by atoms with Crippen LogP contribution in [0.4, 0.5) is 13.2 Å². The molecule has 0 fully saturated rings. The molecular weight excluding hydrogens is 265 g/mol. The van der Waals surface area contributed by atoms with Crippen LogP contribution in [0.15, 0.2) is 24.3 Å². The minimum Gasteiger partial charge on any atom is -0.479 e. The number of alkyl halides is 3. The lowest BCUT2D eigenvalue weighted by Gasteiger charge is -2.18. The Balaban J connectivity index is 3.06. The van der Waals surface area contributed by atoms with Gasteiger partial charge in [0.05, 0.1) is 12.2 Å². The van der Waals surface area contributed by atoms with Crippen LogP contribution in [0.5, 0.6) is 0 Å². The highest BCUT2D eigenvalue weighted by atomic mass is 19.4. The first-order valence-corrected chi connectivity index (χ1v) is 5.49. The number of halogens is 3. The van der Waals surface area contributed by atoms with E-state index in [1.165, 1.54) is 12.1 Å². The van der Waals surface area contributed by atoms with Crippen molar-refractivity contribution in [1.29, 1.82) is 0 Å². The van der Waals surface area contributed by atoms with E-state index in [9.17, 15) is 18.0 Å². The number of carboxylic acid groups (broad SMARTS) is 1. The molecule has 0 bridgehead atoms. The van der Waals surface area contributed by atoms with Crippen LogP contribution >= 0.6 is 0 Å². The minimum absolute atomic E-state index is 0.139. The Morgan fingerprint density at radius 1 is 1.32 bits per heavy atom. The number of carboxylic acids is 1. The van der Waals surface area contributed by atoms with E-state index in [1.807, 2.05) is 0 Å². The maximum atomic E-state index is 12.8. The van der Waals surface area contributed by atoms with Crippen molar-refractivity contribution in [3.05, 3.63) is 35.4 Å². The van der Waals surface area contributed by atoms with E-state index < -0.39 is 29.4 Å². The lowest BCUT2D eigenvalue weighted by atomic mass is 10.0. The second-order valence-electron chi connectivity index (χ2n) is 3.75. The van der Waals surface area contributed by atoms with Gasteiger partial charge >= 0.3 is 12.1 Å². The third-order valence-electron chi connectivity index (χ3n) is 2.36. The largest absolute Gasteiger partial charge is 0.479 e. The molecule has 0 amide bonds. The molecule has 1 atom stereocenters. The van der Waals surface area contributed by atoms with Gasteiger partial charge in [0.15, 0.2) is 6.10 Å². The molecule has 0 spiro atoms. The average Bonchev–Trinajstić information content (AvgIpc) is 2.33. The standard InChI is InChI=1S/C12H13F3O4/c13-12(14,15)9-5-2-1-4-8(9)10(11(17)18)19-7-3-6-16/h1-2,4-5,10,16H,3,6-7H2,(H,17,18). The Bertz CT molecular complexity index is 431. The molecular formula is C12H13F3O4. The Morgan fingerprint density at radius 2 is 1.95 bits per heavy atom. The molecule has 0 aromatic heterocycles. The van der Waals surface area contributed by atoms with Crippen LogP contribution in [0.25, 0.3) is 0 Å². The summed E-state index contributed by atoms with van der Waals surface area (Å²) in [4.78, 5) is 11.0. The van der Waals surface area contributed by atoms with Gasteiger partial charge in [-0.05, 0) is 12.5 Å². The van der Waals surface area contributed by atoms with Gasteiger partial charge in [-0.1, -0.05) is 18.2 Å². The summed E-state index contributed by atoms with van der Waals surface area (Å²) in [5.74, 6) is -1.50. The summed E-state index contributed by atoms with van der Waals surface area (Å²) in [7, 11) is 0. The predicted octanol–water partition coefficient (Wildman–Crippen LogP) is 2.23. The number of hydrogen-bond acceptors (Lipinski definition) is 3. The van der Waals surface area contributed by atoms with E-state index in [1.54, 1.807) is 0 Å². The molecule has 4 nitrogen and oxygen atoms in total. The van der Waals surface area contributed by atoms with E-state index in [0.29, 0.717) is 0 Å². The van der Waals surface area contributed by atoms with Crippen LogP contribution < -0.4 is 0 Å². The number of ether oxygens (including phenoxy) is 1. The summed E-state index contributed by atoms with van der Waals surface area (Å²) in [5.41, 5.74) is -1.48. The molecule has 7 heteroatoms. The zero-order valence-electron chi connectivity index (χ0n) is 9.85. The van der Waals surface area contributed by atoms with E-state index in [-0.39, 0.29) is 19.6 Å². The number of aliphatic hydroxyl groups is 1. The molecule has 0 aliphatic carbocycles. The van der Waals surface area contributed by atoms with Gasteiger partial charge in [0.25, 0.3) is 0 Å². The molecule has 0 saturated heterocycles. The minimum atomic E-state index is -4.65. The molecule has 1 rings (SSSR count). The van der Waals surface area contributed by atoms with Crippen LogP contribution in [-0.2, 0) is 15.7 Å². The van der Waals surface area contributed by atoms with Gasteiger partial charge < -0.3 is 14.9 Å². The molecule has 1 aromatic rings. The van der Waals surface area contributed by atoms with Gasteiger partial charge in [0.1, 0.15) is 0 Å². The van der Waals surface area contributed by atoms with Crippen molar-refractivity contribution in [2.24, 2.45) is 0 Å². The fourth-order valence-corrected chi connectivity index (χ4v) is 1.54. The average molecular weight is 278 g/mol. The van der Waals surface area contributed by atoms with Crippen molar-refractivity contribution in [3.63, 3.8) is 0 Å². The van der Waals surface area contributed by atoms with Crippen molar-refractivity contribution < 1.29 is 32.9 Å². The highest BCUT2D eigenvalue weighted by molar-refractivity contribution is 5.75. The zero-order valence-corrected chi connectivity index (χ0v) is 9.85. The third-order valence-corrected chi connectivity index (χ3v) is 2.36. The van der Waals surface area contributed by atoms with Crippen molar-refractivity contribution in [3.8, 4) is 0 Å². The lowest BCUT2D eigenvalue weighted by molar-refractivity contribution is -0.153. The number of aliphatic carboxylic acids is 1. The monoisotopic (exact) mass is 278 g/mol. The summed E-state index contributed by atoms with van der Waals surface area (Å²) in [5, 5.41) is 17.5. The summed E-state index contributed by atoms with van der Waals surface area (Å²) >= 11 is 0. The quantitative estimate of drug-likeness (QED) is 0.783. The lowest BCUT2D eigenvalue weighted by Crippen LogP contribution is -2.21. The van der Waals surface area contributed by atoms with Gasteiger partial charge in [-0.15, -0.1) is 0 Å². The number of carbonyl (C=O) groups is 1. The molecule has 2 N–H and O–H groups in total. The predicted molar refractivity (Wildman–Crippen MR) is 59.5 cm³/mol. The molecule has 0 saturated carbocycles. The van der Waals surface area contributed by atoms with Gasteiger partial charge in [0.2, 0.25) is 0 Å². The van der Waals surface area contributed by atoms with Gasteiger partial charge in [0, 0.05) is 12.2 Å². The second-order valence-corrected chi connectivity index (χ2v) is 3.75. The van der Waals surface area contributed by atoms with Crippen molar-refractivity contribution >= 4 is 5.97 Å². The maximum Gasteiger partial charge on any atom is 0.416 e. The summed E-state index contributed by atoms with van der Waals surface area (Å²) in [6, 6.07) is 4.37. The van der Waals surface area contributed by atoms with Crippen LogP contribution in [0.3, 0.4) is 0 Å². The highest BCUT2D eigenvalue weighted by Crippen LogP contribution is 2.35. The number of benzene rings is 1. The van der Waals surface area contributed by atoms with Crippen LogP contribution in [0.2, 0.25) is 0 Å². The second kappa shape index (κ2) is 6.53. The summed E-state index contributed by atoms with van der Waals surface area (Å²) in [6.07, 6.45) is -6.20. The molecule has 0 heterocycles. The smallest absolute Gasteiger partial charge is 0.416 e. The fraction of sp³-hybridized carbons (Fsp3) is 0.417. The number of aliphatic hydroxyl groups excluding tert-OH is 1. The van der Waals surface area contributed by atoms with Crippen LogP contribution in [-0.4, -0.2) is 29.4 Å². The molecule has 0 aliphatic rings. The van der Waals surface area contributed by atoms with Crippen LogP contribution in [0, 0.1) is 0 Å². The Kier molecular flexibility index (Phi) is 5.31. The third kappa shape index (κ3) is 4.22. The molecule has 106 valence electrons.